The van der Waals surface area contributed by atoms with E-state index in [-0.39, 0.29) is 5.56 Å². The normalized spacial score (nSPS) is 11.0. The van der Waals surface area contributed by atoms with Crippen molar-refractivity contribution in [2.75, 3.05) is 7.11 Å². The summed E-state index contributed by atoms with van der Waals surface area (Å²) in [7, 11) is 3.36. The lowest BCUT2D eigenvalue weighted by Gasteiger charge is -2.09. The van der Waals surface area contributed by atoms with E-state index in [1.807, 2.05) is 30.3 Å². The van der Waals surface area contributed by atoms with Gasteiger partial charge < -0.3 is 13.8 Å². The zero-order valence-corrected chi connectivity index (χ0v) is 13.8. The molecule has 0 unspecified atom stereocenters. The van der Waals surface area contributed by atoms with Crippen molar-refractivity contribution in [3.63, 3.8) is 0 Å². The Bertz CT molecular complexity index is 1100. The van der Waals surface area contributed by atoms with Crippen LogP contribution in [0.4, 0.5) is 0 Å². The molecule has 6 heteroatoms. The lowest BCUT2D eigenvalue weighted by atomic mass is 10.1. The van der Waals surface area contributed by atoms with Crippen LogP contribution in [0.2, 0.25) is 0 Å². The number of pyridine rings is 2. The summed E-state index contributed by atoms with van der Waals surface area (Å²) >= 11 is 0. The van der Waals surface area contributed by atoms with E-state index in [2.05, 4.69) is 10.1 Å². The Balaban J connectivity index is 1.92. The highest BCUT2D eigenvalue weighted by molar-refractivity contribution is 5.92. The molecule has 3 aromatic heterocycles. The first-order valence-electron chi connectivity index (χ1n) is 7.73. The van der Waals surface area contributed by atoms with Crippen molar-refractivity contribution in [1.82, 2.24) is 14.7 Å². The molecule has 0 radical (unpaired) electrons. The molecule has 0 atom stereocenters. The summed E-state index contributed by atoms with van der Waals surface area (Å²) in [5.74, 6) is 0.759. The van der Waals surface area contributed by atoms with Gasteiger partial charge in [0.15, 0.2) is 5.58 Å². The van der Waals surface area contributed by atoms with Crippen LogP contribution in [0.25, 0.3) is 33.5 Å². The highest BCUT2D eigenvalue weighted by atomic mass is 16.5. The number of nitrogens with zero attached hydrogens (tertiary/aromatic N) is 3. The van der Waals surface area contributed by atoms with Gasteiger partial charge in [0.25, 0.3) is 5.56 Å². The van der Waals surface area contributed by atoms with Crippen molar-refractivity contribution >= 4 is 11.0 Å². The Labute approximate surface area is 143 Å². The quantitative estimate of drug-likeness (QED) is 0.576. The van der Waals surface area contributed by atoms with Crippen LogP contribution in [0.1, 0.15) is 0 Å². The van der Waals surface area contributed by atoms with E-state index in [1.165, 1.54) is 0 Å². The Kier molecular flexibility index (Phi) is 3.57. The fourth-order valence-electron chi connectivity index (χ4n) is 2.85. The van der Waals surface area contributed by atoms with Crippen LogP contribution in [-0.2, 0) is 7.05 Å². The van der Waals surface area contributed by atoms with E-state index in [0.29, 0.717) is 16.7 Å². The standard InChI is InChI=1S/C19H15N3O3/c1-22-15(12-3-5-14(24-2)6-4-12)11-16-17(19(22)23)18(21-25-16)13-7-9-20-10-8-13/h3-11H,1-2H3/i2-1. The smallest absolute Gasteiger partial charge is 0.264 e. The average Bonchev–Trinajstić information content (AvgIpc) is 3.09. The number of benzene rings is 1. The van der Waals surface area contributed by atoms with Gasteiger partial charge in [-0.05, 0) is 42.0 Å². The van der Waals surface area contributed by atoms with Gasteiger partial charge in [0, 0.05) is 31.1 Å². The molecule has 3 heterocycles. The topological polar surface area (TPSA) is 70.2 Å². The highest BCUT2D eigenvalue weighted by Crippen LogP contribution is 2.29. The van der Waals surface area contributed by atoms with E-state index in [0.717, 1.165) is 22.6 Å². The van der Waals surface area contributed by atoms with E-state index < -0.39 is 0 Å². The second kappa shape index (κ2) is 5.90. The molecule has 0 aliphatic heterocycles. The third-order valence-electron chi connectivity index (χ3n) is 4.21. The molecule has 6 nitrogen and oxygen atoms in total. The fourth-order valence-corrected chi connectivity index (χ4v) is 2.85. The summed E-state index contributed by atoms with van der Waals surface area (Å²) in [4.78, 5) is 16.9. The molecule has 25 heavy (non-hydrogen) atoms. The largest absolute Gasteiger partial charge is 0.497 e. The van der Waals surface area contributed by atoms with Crippen molar-refractivity contribution < 1.29 is 9.26 Å². The second-order valence-corrected chi connectivity index (χ2v) is 5.63. The number of methoxy groups -OCH3 is 1. The van der Waals surface area contributed by atoms with Crippen LogP contribution in [0.5, 0.6) is 5.75 Å². The molecule has 0 aliphatic rings. The Morgan fingerprint density at radius 1 is 1.04 bits per heavy atom. The van der Waals surface area contributed by atoms with Gasteiger partial charge >= 0.3 is 0 Å². The molecule has 0 fully saturated rings. The maximum absolute atomic E-state index is 12.9. The molecular formula is C19H15N3O3. The summed E-state index contributed by atoms with van der Waals surface area (Å²) in [6, 6.07) is 12.9. The van der Waals surface area contributed by atoms with Gasteiger partial charge in [-0.25, -0.2) is 0 Å². The van der Waals surface area contributed by atoms with E-state index in [4.69, 9.17) is 9.26 Å². The summed E-state index contributed by atoms with van der Waals surface area (Å²) in [5, 5.41) is 4.56. The predicted octanol–water partition coefficient (Wildman–Crippen LogP) is 3.26. The molecule has 4 aromatic rings. The zero-order chi connectivity index (χ0) is 17.4. The minimum Gasteiger partial charge on any atom is -0.497 e. The number of aromatic nitrogens is 3. The molecule has 4 rings (SSSR count). The van der Waals surface area contributed by atoms with Gasteiger partial charge in [-0.15, -0.1) is 0 Å². The Hall–Kier alpha value is -3.41. The Morgan fingerprint density at radius 2 is 1.76 bits per heavy atom. The minimum atomic E-state index is -0.156. The van der Waals surface area contributed by atoms with Crippen LogP contribution in [0.3, 0.4) is 0 Å². The third-order valence-corrected chi connectivity index (χ3v) is 4.21. The van der Waals surface area contributed by atoms with Gasteiger partial charge in [-0.1, -0.05) is 5.16 Å². The van der Waals surface area contributed by atoms with Crippen molar-refractivity contribution in [2.24, 2.45) is 7.05 Å². The molecule has 0 spiro atoms. The third kappa shape index (κ3) is 2.48. The van der Waals surface area contributed by atoms with Crippen molar-refractivity contribution in [3.05, 3.63) is 65.2 Å². The lowest BCUT2D eigenvalue weighted by Crippen LogP contribution is -2.18. The maximum Gasteiger partial charge on any atom is 0.264 e. The van der Waals surface area contributed by atoms with Gasteiger partial charge in [0.05, 0.1) is 12.8 Å². The summed E-state index contributed by atoms with van der Waals surface area (Å²) in [6.07, 6.45) is 3.32. The second-order valence-electron chi connectivity index (χ2n) is 5.63. The van der Waals surface area contributed by atoms with Crippen LogP contribution in [0.15, 0.2) is 64.2 Å². The van der Waals surface area contributed by atoms with Gasteiger partial charge in [-0.3, -0.25) is 9.78 Å². The molecular weight excluding hydrogens is 317 g/mol. The molecule has 0 N–H and O–H groups in total. The summed E-state index contributed by atoms with van der Waals surface area (Å²) < 4.78 is 12.2. The first-order chi connectivity index (χ1) is 12.2. The fraction of sp³-hybridized carbons (Fsp3) is 0.105. The first kappa shape index (κ1) is 15.1. The monoisotopic (exact) mass is 332 g/mol. The SMILES string of the molecule is Cn1c(-c2ccc(O[11CH3])cc2)cc2onc(-c3ccncc3)c2c1=O. The van der Waals surface area contributed by atoms with Crippen LogP contribution in [-0.4, -0.2) is 21.8 Å². The maximum atomic E-state index is 12.9. The summed E-state index contributed by atoms with van der Waals surface area (Å²) in [6.45, 7) is 0. The molecule has 0 saturated carbocycles. The number of fused-ring (bicyclic) bond motifs is 1. The van der Waals surface area contributed by atoms with Crippen LogP contribution < -0.4 is 10.3 Å². The minimum absolute atomic E-state index is 0.156. The van der Waals surface area contributed by atoms with Gasteiger partial charge in [0.1, 0.15) is 16.8 Å². The summed E-state index contributed by atoms with van der Waals surface area (Å²) in [5.41, 5.74) is 3.26. The van der Waals surface area contributed by atoms with Gasteiger partial charge in [-0.2, -0.15) is 0 Å². The number of rotatable bonds is 3. The van der Waals surface area contributed by atoms with E-state index in [9.17, 15) is 4.79 Å². The van der Waals surface area contributed by atoms with Crippen molar-refractivity contribution in [3.8, 4) is 28.3 Å². The molecule has 0 amide bonds. The predicted molar refractivity (Wildman–Crippen MR) is 94.5 cm³/mol. The average molecular weight is 332 g/mol. The zero-order valence-electron chi connectivity index (χ0n) is 13.8. The van der Waals surface area contributed by atoms with Crippen molar-refractivity contribution in [1.29, 1.82) is 0 Å². The first-order valence-corrected chi connectivity index (χ1v) is 7.73. The number of hydrogen-bond donors (Lipinski definition) is 0. The number of hydrogen-bond acceptors (Lipinski definition) is 5. The van der Waals surface area contributed by atoms with Crippen LogP contribution in [0, 0.1) is 0 Å². The highest BCUT2D eigenvalue weighted by Gasteiger charge is 2.18. The molecule has 124 valence electrons. The molecule has 0 bridgehead atoms. The van der Waals surface area contributed by atoms with Crippen molar-refractivity contribution in [2.45, 2.75) is 0 Å². The van der Waals surface area contributed by atoms with E-state index in [1.54, 1.807) is 43.3 Å². The lowest BCUT2D eigenvalue weighted by molar-refractivity contribution is 0.415. The van der Waals surface area contributed by atoms with Gasteiger partial charge in [0.2, 0.25) is 0 Å². The molecule has 0 aliphatic carbocycles. The Morgan fingerprint density at radius 3 is 2.44 bits per heavy atom. The molecule has 1 aromatic carbocycles. The van der Waals surface area contributed by atoms with Crippen LogP contribution >= 0.6 is 0 Å². The number of ether oxygens (including phenoxy) is 1. The molecule has 0 saturated heterocycles. The van der Waals surface area contributed by atoms with E-state index >= 15 is 0 Å².